The summed E-state index contributed by atoms with van der Waals surface area (Å²) in [5.74, 6) is 2.05. The molecular formula is C18H30N4O. The number of carbonyl (C=O) groups is 1. The van der Waals surface area contributed by atoms with Crippen LogP contribution in [0.25, 0.3) is 0 Å². The lowest BCUT2D eigenvalue weighted by molar-refractivity contribution is -0.117. The Morgan fingerprint density at radius 1 is 1.43 bits per heavy atom. The number of amides is 1. The number of aromatic nitrogens is 1. The number of carbonyl (C=O) groups excluding carboxylic acids is 1. The maximum absolute atomic E-state index is 12.2. The molecular weight excluding hydrogens is 288 g/mol. The van der Waals surface area contributed by atoms with E-state index < -0.39 is 0 Å². The highest BCUT2D eigenvalue weighted by atomic mass is 16.1. The second kappa shape index (κ2) is 8.87. The molecule has 5 nitrogen and oxygen atoms in total. The average molecular weight is 318 g/mol. The lowest BCUT2D eigenvalue weighted by Gasteiger charge is -2.28. The standard InChI is InChI=1S/C18H30N4O/c1-4-22(5-2)17-9-8-16(13-20-17)21-18(23)11-14(3)15-7-6-10-19-12-15/h8-9,13-15,19H,4-7,10-12H2,1-3H3,(H,21,23). The van der Waals surface area contributed by atoms with Gasteiger partial charge in [0, 0.05) is 19.5 Å². The van der Waals surface area contributed by atoms with E-state index in [4.69, 9.17) is 0 Å². The molecule has 128 valence electrons. The molecule has 2 atom stereocenters. The van der Waals surface area contributed by atoms with E-state index in [1.165, 1.54) is 12.8 Å². The fourth-order valence-corrected chi connectivity index (χ4v) is 3.23. The minimum absolute atomic E-state index is 0.0838. The maximum Gasteiger partial charge on any atom is 0.224 e. The summed E-state index contributed by atoms with van der Waals surface area (Å²) in [5.41, 5.74) is 0.778. The number of anilines is 2. The summed E-state index contributed by atoms with van der Waals surface area (Å²) in [6, 6.07) is 3.91. The Kier molecular flexibility index (Phi) is 6.84. The third kappa shape index (κ3) is 5.20. The van der Waals surface area contributed by atoms with Crippen molar-refractivity contribution in [3.05, 3.63) is 18.3 Å². The number of hydrogen-bond donors (Lipinski definition) is 2. The van der Waals surface area contributed by atoms with E-state index in [9.17, 15) is 4.79 Å². The number of piperidine rings is 1. The Labute approximate surface area is 139 Å². The number of rotatable bonds is 7. The molecule has 1 aliphatic heterocycles. The van der Waals surface area contributed by atoms with Crippen LogP contribution in [0.4, 0.5) is 11.5 Å². The van der Waals surface area contributed by atoms with Gasteiger partial charge in [-0.1, -0.05) is 6.92 Å². The van der Waals surface area contributed by atoms with Crippen LogP contribution in [0.2, 0.25) is 0 Å². The fourth-order valence-electron chi connectivity index (χ4n) is 3.23. The molecule has 0 aliphatic carbocycles. The third-order valence-corrected chi connectivity index (χ3v) is 4.77. The Morgan fingerprint density at radius 2 is 2.22 bits per heavy atom. The second-order valence-corrected chi connectivity index (χ2v) is 6.41. The number of nitrogens with zero attached hydrogens (tertiary/aromatic N) is 2. The van der Waals surface area contributed by atoms with Gasteiger partial charge < -0.3 is 15.5 Å². The van der Waals surface area contributed by atoms with Crippen molar-refractivity contribution in [2.45, 2.75) is 40.0 Å². The van der Waals surface area contributed by atoms with Crippen LogP contribution >= 0.6 is 0 Å². The quantitative estimate of drug-likeness (QED) is 0.811. The Morgan fingerprint density at radius 3 is 2.78 bits per heavy atom. The predicted molar refractivity (Wildman–Crippen MR) is 95.8 cm³/mol. The summed E-state index contributed by atoms with van der Waals surface area (Å²) >= 11 is 0. The van der Waals surface area contributed by atoms with Gasteiger partial charge in [-0.05, 0) is 63.7 Å². The Bertz CT molecular complexity index is 478. The number of nitrogens with one attached hydrogen (secondary N) is 2. The van der Waals surface area contributed by atoms with Gasteiger partial charge in [0.25, 0.3) is 0 Å². The molecule has 2 heterocycles. The van der Waals surface area contributed by atoms with Crippen LogP contribution in [-0.2, 0) is 4.79 Å². The fraction of sp³-hybridized carbons (Fsp3) is 0.667. The summed E-state index contributed by atoms with van der Waals surface area (Å²) < 4.78 is 0. The molecule has 1 aliphatic rings. The Balaban J connectivity index is 1.84. The van der Waals surface area contributed by atoms with Crippen molar-refractivity contribution in [2.24, 2.45) is 11.8 Å². The zero-order valence-electron chi connectivity index (χ0n) is 14.6. The van der Waals surface area contributed by atoms with Crippen molar-refractivity contribution < 1.29 is 4.79 Å². The third-order valence-electron chi connectivity index (χ3n) is 4.77. The summed E-state index contributed by atoms with van der Waals surface area (Å²) in [5, 5.41) is 6.39. The van der Waals surface area contributed by atoms with E-state index in [-0.39, 0.29) is 5.91 Å². The molecule has 1 amide bonds. The molecule has 23 heavy (non-hydrogen) atoms. The minimum atomic E-state index is 0.0838. The van der Waals surface area contributed by atoms with Crippen LogP contribution in [-0.4, -0.2) is 37.1 Å². The van der Waals surface area contributed by atoms with E-state index in [1.807, 2.05) is 12.1 Å². The van der Waals surface area contributed by atoms with E-state index in [0.29, 0.717) is 18.3 Å². The molecule has 0 bridgehead atoms. The van der Waals surface area contributed by atoms with Crippen molar-refractivity contribution in [2.75, 3.05) is 36.4 Å². The SMILES string of the molecule is CCN(CC)c1ccc(NC(=O)CC(C)C2CCCNC2)cn1. The van der Waals surface area contributed by atoms with Crippen molar-refractivity contribution >= 4 is 17.4 Å². The summed E-state index contributed by atoms with van der Waals surface area (Å²) in [6.45, 7) is 10.4. The summed E-state index contributed by atoms with van der Waals surface area (Å²) in [4.78, 5) is 18.9. The molecule has 0 radical (unpaired) electrons. The van der Waals surface area contributed by atoms with Crippen LogP contribution < -0.4 is 15.5 Å². The van der Waals surface area contributed by atoms with Gasteiger partial charge >= 0.3 is 0 Å². The number of hydrogen-bond acceptors (Lipinski definition) is 4. The van der Waals surface area contributed by atoms with Gasteiger partial charge in [-0.3, -0.25) is 4.79 Å². The zero-order chi connectivity index (χ0) is 16.7. The first-order valence-electron chi connectivity index (χ1n) is 8.85. The van der Waals surface area contributed by atoms with Gasteiger partial charge in [0.1, 0.15) is 5.82 Å². The highest BCUT2D eigenvalue weighted by Crippen LogP contribution is 2.23. The molecule has 0 spiro atoms. The first-order valence-corrected chi connectivity index (χ1v) is 8.85. The topological polar surface area (TPSA) is 57.3 Å². The van der Waals surface area contributed by atoms with E-state index in [0.717, 1.165) is 37.7 Å². The van der Waals surface area contributed by atoms with Crippen LogP contribution in [0.1, 0.15) is 40.0 Å². The summed E-state index contributed by atoms with van der Waals surface area (Å²) in [6.07, 6.45) is 4.76. The van der Waals surface area contributed by atoms with Crippen molar-refractivity contribution in [3.8, 4) is 0 Å². The van der Waals surface area contributed by atoms with E-state index >= 15 is 0 Å². The monoisotopic (exact) mass is 318 g/mol. The molecule has 5 heteroatoms. The molecule has 1 aromatic rings. The maximum atomic E-state index is 12.2. The zero-order valence-corrected chi connectivity index (χ0v) is 14.6. The highest BCUT2D eigenvalue weighted by molar-refractivity contribution is 5.90. The highest BCUT2D eigenvalue weighted by Gasteiger charge is 2.22. The molecule has 0 saturated carbocycles. The van der Waals surface area contributed by atoms with Gasteiger partial charge in [-0.15, -0.1) is 0 Å². The predicted octanol–water partition coefficient (Wildman–Crippen LogP) is 2.89. The largest absolute Gasteiger partial charge is 0.357 e. The van der Waals surface area contributed by atoms with Crippen molar-refractivity contribution in [3.63, 3.8) is 0 Å². The Hall–Kier alpha value is -1.62. The normalized spacial score (nSPS) is 19.2. The van der Waals surface area contributed by atoms with Crippen molar-refractivity contribution in [1.29, 1.82) is 0 Å². The van der Waals surface area contributed by atoms with Crippen molar-refractivity contribution in [1.82, 2.24) is 10.3 Å². The van der Waals surface area contributed by atoms with Gasteiger partial charge in [-0.2, -0.15) is 0 Å². The second-order valence-electron chi connectivity index (χ2n) is 6.41. The molecule has 2 unspecified atom stereocenters. The smallest absolute Gasteiger partial charge is 0.224 e. The minimum Gasteiger partial charge on any atom is -0.357 e. The van der Waals surface area contributed by atoms with Gasteiger partial charge in [-0.25, -0.2) is 4.98 Å². The summed E-state index contributed by atoms with van der Waals surface area (Å²) in [7, 11) is 0. The van der Waals surface area contributed by atoms with Crippen LogP contribution in [0.15, 0.2) is 18.3 Å². The van der Waals surface area contributed by atoms with Crippen LogP contribution in [0, 0.1) is 11.8 Å². The number of pyridine rings is 1. The van der Waals surface area contributed by atoms with Crippen LogP contribution in [0.3, 0.4) is 0 Å². The van der Waals surface area contributed by atoms with Crippen LogP contribution in [0.5, 0.6) is 0 Å². The van der Waals surface area contributed by atoms with Gasteiger partial charge in [0.15, 0.2) is 0 Å². The first kappa shape index (κ1) is 17.7. The molecule has 2 N–H and O–H groups in total. The van der Waals surface area contributed by atoms with E-state index in [1.54, 1.807) is 6.20 Å². The average Bonchev–Trinajstić information content (AvgIpc) is 2.58. The molecule has 1 saturated heterocycles. The lowest BCUT2D eigenvalue weighted by Crippen LogP contribution is -2.34. The van der Waals surface area contributed by atoms with Gasteiger partial charge in [0.2, 0.25) is 5.91 Å². The van der Waals surface area contributed by atoms with E-state index in [2.05, 4.69) is 41.3 Å². The molecule has 1 fully saturated rings. The van der Waals surface area contributed by atoms with Gasteiger partial charge in [0.05, 0.1) is 11.9 Å². The molecule has 2 rings (SSSR count). The lowest BCUT2D eigenvalue weighted by atomic mass is 9.85. The molecule has 1 aromatic heterocycles. The molecule has 0 aromatic carbocycles. The first-order chi connectivity index (χ1) is 11.1.